The Balaban J connectivity index is 1.88. The van der Waals surface area contributed by atoms with Crippen LogP contribution >= 0.6 is 12.2 Å². The second-order valence-electron chi connectivity index (χ2n) is 5.68. The molecule has 0 bridgehead atoms. The van der Waals surface area contributed by atoms with Crippen LogP contribution in [0.5, 0.6) is 5.88 Å². The van der Waals surface area contributed by atoms with Gasteiger partial charge in [-0.15, -0.1) is 0 Å². The molecule has 1 fully saturated rings. The Bertz CT molecular complexity index is 739. The van der Waals surface area contributed by atoms with E-state index in [4.69, 9.17) is 27.4 Å². The van der Waals surface area contributed by atoms with Gasteiger partial charge in [-0.3, -0.25) is 0 Å². The maximum atomic E-state index is 10.2. The Morgan fingerprint density at radius 1 is 1.28 bits per heavy atom. The molecular formula is C16H19N3O5S. The summed E-state index contributed by atoms with van der Waals surface area (Å²) in [4.78, 5) is 0.0843. The summed E-state index contributed by atoms with van der Waals surface area (Å²) in [6, 6.07) is 9.46. The maximum Gasteiger partial charge on any atom is 0.225 e. The molecule has 2 heterocycles. The van der Waals surface area contributed by atoms with Gasteiger partial charge in [-0.25, -0.2) is 4.68 Å². The molecule has 1 aromatic carbocycles. The molecule has 0 amide bonds. The zero-order valence-corrected chi connectivity index (χ0v) is 14.0. The van der Waals surface area contributed by atoms with Crippen LogP contribution in [0, 0.1) is 0 Å². The molecule has 5 N–H and O–H groups in total. The first-order valence-electron chi connectivity index (χ1n) is 7.69. The van der Waals surface area contributed by atoms with E-state index in [1.54, 1.807) is 0 Å². The molecule has 1 aliphatic heterocycles. The number of aromatic nitrogens is 2. The minimum absolute atomic E-state index is 0.0843. The SMILES string of the molecule is NC(=S)c1cnn(C2OC(CO)C(O)C2O)c1OCc1ccccc1. The van der Waals surface area contributed by atoms with Gasteiger partial charge >= 0.3 is 0 Å². The van der Waals surface area contributed by atoms with E-state index in [1.165, 1.54) is 10.9 Å². The molecule has 4 unspecified atom stereocenters. The second-order valence-corrected chi connectivity index (χ2v) is 6.12. The molecule has 2 aromatic rings. The number of nitrogens with zero attached hydrogens (tertiary/aromatic N) is 2. The van der Waals surface area contributed by atoms with E-state index in [0.29, 0.717) is 5.56 Å². The summed E-state index contributed by atoms with van der Waals surface area (Å²) < 4.78 is 12.6. The van der Waals surface area contributed by atoms with Gasteiger partial charge in [0.2, 0.25) is 5.88 Å². The standard InChI is InChI=1S/C16H19N3O5S/c17-14(25)10-6-18-19(16-13(22)12(21)11(7-20)24-16)15(10)23-8-9-4-2-1-3-5-9/h1-6,11-13,16,20-22H,7-8H2,(H2,17,25). The third kappa shape index (κ3) is 3.51. The van der Waals surface area contributed by atoms with Crippen LogP contribution in [-0.2, 0) is 11.3 Å². The van der Waals surface area contributed by atoms with Crippen molar-refractivity contribution >= 4 is 17.2 Å². The Labute approximate surface area is 149 Å². The number of ether oxygens (including phenoxy) is 2. The zero-order chi connectivity index (χ0) is 18.0. The third-order valence-corrected chi connectivity index (χ3v) is 4.21. The van der Waals surface area contributed by atoms with E-state index in [0.717, 1.165) is 5.56 Å². The highest BCUT2D eigenvalue weighted by Crippen LogP contribution is 2.33. The first-order chi connectivity index (χ1) is 12.0. The molecule has 3 rings (SSSR count). The number of hydrogen-bond donors (Lipinski definition) is 4. The molecule has 0 radical (unpaired) electrons. The fraction of sp³-hybridized carbons (Fsp3) is 0.375. The molecule has 0 spiro atoms. The summed E-state index contributed by atoms with van der Waals surface area (Å²) in [7, 11) is 0. The summed E-state index contributed by atoms with van der Waals surface area (Å²) in [5.41, 5.74) is 7.03. The molecule has 1 saturated heterocycles. The van der Waals surface area contributed by atoms with Crippen molar-refractivity contribution in [2.45, 2.75) is 31.1 Å². The highest BCUT2D eigenvalue weighted by atomic mass is 32.1. The average Bonchev–Trinajstić information content (AvgIpc) is 3.16. The number of rotatable bonds is 6. The monoisotopic (exact) mass is 365 g/mol. The van der Waals surface area contributed by atoms with Crippen molar-refractivity contribution in [1.82, 2.24) is 9.78 Å². The lowest BCUT2D eigenvalue weighted by molar-refractivity contribution is -0.0622. The summed E-state index contributed by atoms with van der Waals surface area (Å²) in [5, 5.41) is 33.5. The van der Waals surface area contributed by atoms with Crippen LogP contribution in [0.25, 0.3) is 0 Å². The lowest BCUT2D eigenvalue weighted by Gasteiger charge is -2.18. The van der Waals surface area contributed by atoms with E-state index in [1.807, 2.05) is 30.3 Å². The van der Waals surface area contributed by atoms with E-state index < -0.39 is 31.1 Å². The molecule has 134 valence electrons. The van der Waals surface area contributed by atoms with Crippen LogP contribution in [0.1, 0.15) is 17.4 Å². The molecule has 0 aliphatic carbocycles. The van der Waals surface area contributed by atoms with Crippen LogP contribution in [0.4, 0.5) is 0 Å². The molecular weight excluding hydrogens is 346 g/mol. The lowest BCUT2D eigenvalue weighted by atomic mass is 10.1. The van der Waals surface area contributed by atoms with Crippen molar-refractivity contribution in [3.63, 3.8) is 0 Å². The largest absolute Gasteiger partial charge is 0.472 e. The number of benzene rings is 1. The van der Waals surface area contributed by atoms with Crippen molar-refractivity contribution < 1.29 is 24.8 Å². The van der Waals surface area contributed by atoms with Crippen molar-refractivity contribution in [2.75, 3.05) is 6.61 Å². The second kappa shape index (κ2) is 7.46. The van der Waals surface area contributed by atoms with Gasteiger partial charge in [-0.05, 0) is 5.56 Å². The number of aliphatic hydroxyl groups is 3. The molecule has 9 heteroatoms. The van der Waals surface area contributed by atoms with Crippen molar-refractivity contribution in [3.05, 3.63) is 47.7 Å². The summed E-state index contributed by atoms with van der Waals surface area (Å²) in [6.07, 6.45) is -3.05. The van der Waals surface area contributed by atoms with Crippen LogP contribution in [0.2, 0.25) is 0 Å². The predicted octanol–water partition coefficient (Wildman–Crippen LogP) is -0.292. The first kappa shape index (κ1) is 17.8. The van der Waals surface area contributed by atoms with Gasteiger partial charge in [0.1, 0.15) is 29.9 Å². The van der Waals surface area contributed by atoms with Crippen LogP contribution in [-0.4, -0.2) is 55.0 Å². The number of aliphatic hydroxyl groups excluding tert-OH is 3. The number of nitrogens with two attached hydrogens (primary N) is 1. The normalized spacial score (nSPS) is 25.9. The fourth-order valence-corrected chi connectivity index (χ4v) is 2.79. The van der Waals surface area contributed by atoms with Gasteiger partial charge in [0, 0.05) is 0 Å². The van der Waals surface area contributed by atoms with Crippen molar-refractivity contribution in [1.29, 1.82) is 0 Å². The summed E-state index contributed by atoms with van der Waals surface area (Å²) in [5.74, 6) is 0.228. The quantitative estimate of drug-likeness (QED) is 0.515. The van der Waals surface area contributed by atoms with Crippen LogP contribution in [0.15, 0.2) is 36.5 Å². The highest BCUT2D eigenvalue weighted by molar-refractivity contribution is 7.80. The minimum Gasteiger partial charge on any atom is -0.472 e. The predicted molar refractivity (Wildman–Crippen MR) is 91.9 cm³/mol. The Hall–Kier alpha value is -2.04. The smallest absolute Gasteiger partial charge is 0.225 e. The van der Waals surface area contributed by atoms with Crippen molar-refractivity contribution in [2.24, 2.45) is 5.73 Å². The molecule has 8 nitrogen and oxygen atoms in total. The van der Waals surface area contributed by atoms with Crippen molar-refractivity contribution in [3.8, 4) is 5.88 Å². The van der Waals surface area contributed by atoms with Crippen LogP contribution in [0.3, 0.4) is 0 Å². The van der Waals surface area contributed by atoms with Gasteiger partial charge in [0.25, 0.3) is 0 Å². The van der Waals surface area contributed by atoms with Gasteiger partial charge < -0.3 is 30.5 Å². The first-order valence-corrected chi connectivity index (χ1v) is 8.10. The molecule has 25 heavy (non-hydrogen) atoms. The molecule has 1 aliphatic rings. The Morgan fingerprint density at radius 3 is 2.60 bits per heavy atom. The Morgan fingerprint density at radius 2 is 2.00 bits per heavy atom. The Kier molecular flexibility index (Phi) is 5.30. The minimum atomic E-state index is -1.28. The fourth-order valence-electron chi connectivity index (χ4n) is 2.65. The zero-order valence-electron chi connectivity index (χ0n) is 13.2. The van der Waals surface area contributed by atoms with Crippen LogP contribution < -0.4 is 10.5 Å². The number of hydrogen-bond acceptors (Lipinski definition) is 7. The topological polar surface area (TPSA) is 123 Å². The van der Waals surface area contributed by atoms with Gasteiger partial charge in [-0.1, -0.05) is 42.5 Å². The van der Waals surface area contributed by atoms with E-state index >= 15 is 0 Å². The molecule has 4 atom stereocenters. The van der Waals surface area contributed by atoms with E-state index in [-0.39, 0.29) is 17.5 Å². The maximum absolute atomic E-state index is 10.2. The number of thiocarbonyl (C=S) groups is 1. The highest BCUT2D eigenvalue weighted by Gasteiger charge is 2.45. The average molecular weight is 365 g/mol. The van der Waals surface area contributed by atoms with E-state index in [9.17, 15) is 15.3 Å². The third-order valence-electron chi connectivity index (χ3n) is 3.99. The van der Waals surface area contributed by atoms with Gasteiger partial charge in [0.15, 0.2) is 6.23 Å². The van der Waals surface area contributed by atoms with E-state index in [2.05, 4.69) is 5.10 Å². The molecule has 0 saturated carbocycles. The molecule has 1 aromatic heterocycles. The van der Waals surface area contributed by atoms with Gasteiger partial charge in [0.05, 0.1) is 18.4 Å². The summed E-state index contributed by atoms with van der Waals surface area (Å²) >= 11 is 5.02. The lowest BCUT2D eigenvalue weighted by Crippen LogP contribution is -2.33. The van der Waals surface area contributed by atoms with Gasteiger partial charge in [-0.2, -0.15) is 5.10 Å². The summed E-state index contributed by atoms with van der Waals surface area (Å²) in [6.45, 7) is -0.199.